The summed E-state index contributed by atoms with van der Waals surface area (Å²) in [6.45, 7) is 4.44. The molecule has 0 spiro atoms. The molecular weight excluding hydrogens is 433 g/mol. The summed E-state index contributed by atoms with van der Waals surface area (Å²) in [5, 5.41) is 2.76. The maximum absolute atomic E-state index is 13.0. The Labute approximate surface area is 186 Å². The van der Waals surface area contributed by atoms with Crippen LogP contribution < -0.4 is 10.1 Å². The summed E-state index contributed by atoms with van der Waals surface area (Å²) in [5.74, 6) is 0.0429. The van der Waals surface area contributed by atoms with Crippen molar-refractivity contribution in [3.8, 4) is 11.6 Å². The van der Waals surface area contributed by atoms with Gasteiger partial charge in [-0.25, -0.2) is 17.8 Å². The highest BCUT2D eigenvalue weighted by Crippen LogP contribution is 2.20. The van der Waals surface area contributed by atoms with Gasteiger partial charge in [0.2, 0.25) is 15.9 Å². The Balaban J connectivity index is 1.62. The smallest absolute Gasteiger partial charge is 0.251 e. The molecule has 1 aromatic heterocycles. The topological polar surface area (TPSA) is 88.6 Å². The van der Waals surface area contributed by atoms with Crippen molar-refractivity contribution in [2.75, 3.05) is 13.1 Å². The van der Waals surface area contributed by atoms with Crippen molar-refractivity contribution >= 4 is 15.9 Å². The lowest BCUT2D eigenvalue weighted by atomic mass is 10.2. The number of amides is 1. The molecule has 32 heavy (non-hydrogen) atoms. The Morgan fingerprint density at radius 3 is 2.41 bits per heavy atom. The number of pyridine rings is 1. The van der Waals surface area contributed by atoms with Crippen LogP contribution in [0.3, 0.4) is 0 Å². The molecule has 0 atom stereocenters. The molecule has 0 aliphatic rings. The number of sulfonamides is 1. The van der Waals surface area contributed by atoms with Crippen molar-refractivity contribution in [1.29, 1.82) is 0 Å². The van der Waals surface area contributed by atoms with Crippen LogP contribution in [-0.2, 0) is 16.6 Å². The van der Waals surface area contributed by atoms with Crippen molar-refractivity contribution < 1.29 is 22.3 Å². The Bertz CT molecular complexity index is 1160. The normalized spacial score (nSPS) is 11.4. The number of nitrogens with one attached hydrogen (secondary N) is 1. The third kappa shape index (κ3) is 5.68. The molecular formula is C23H24FN3O4S. The zero-order valence-corrected chi connectivity index (χ0v) is 18.6. The third-order valence-electron chi connectivity index (χ3n) is 4.73. The van der Waals surface area contributed by atoms with Gasteiger partial charge in [0.15, 0.2) is 0 Å². The van der Waals surface area contributed by atoms with Gasteiger partial charge in [0.1, 0.15) is 11.6 Å². The Kier molecular flexibility index (Phi) is 7.55. The second kappa shape index (κ2) is 10.3. The molecule has 7 nitrogen and oxygen atoms in total. The fourth-order valence-corrected chi connectivity index (χ4v) is 4.50. The van der Waals surface area contributed by atoms with Crippen molar-refractivity contribution in [3.63, 3.8) is 0 Å². The van der Waals surface area contributed by atoms with Crippen LogP contribution in [0.4, 0.5) is 4.39 Å². The lowest BCUT2D eigenvalue weighted by Gasteiger charge is -2.18. The van der Waals surface area contributed by atoms with Gasteiger partial charge < -0.3 is 10.1 Å². The molecule has 9 heteroatoms. The molecule has 1 amide bonds. The van der Waals surface area contributed by atoms with Crippen molar-refractivity contribution in [2.24, 2.45) is 0 Å². The Morgan fingerprint density at radius 2 is 1.78 bits per heavy atom. The van der Waals surface area contributed by atoms with Gasteiger partial charge in [0.05, 0.1) is 4.90 Å². The monoisotopic (exact) mass is 457 g/mol. The molecule has 0 bridgehead atoms. The maximum atomic E-state index is 13.0. The largest absolute Gasteiger partial charge is 0.439 e. The van der Waals surface area contributed by atoms with E-state index < -0.39 is 15.9 Å². The Morgan fingerprint density at radius 1 is 1.06 bits per heavy atom. The molecule has 0 fully saturated rings. The first-order valence-electron chi connectivity index (χ1n) is 10.1. The van der Waals surface area contributed by atoms with Gasteiger partial charge in [-0.3, -0.25) is 4.79 Å². The Hall–Kier alpha value is -3.30. The lowest BCUT2D eigenvalue weighted by Crippen LogP contribution is -2.31. The summed E-state index contributed by atoms with van der Waals surface area (Å²) in [6, 6.07) is 14.9. The molecule has 0 saturated carbocycles. The van der Waals surface area contributed by atoms with Crippen molar-refractivity contribution in [3.05, 3.63) is 83.8 Å². The van der Waals surface area contributed by atoms with Gasteiger partial charge in [-0.15, -0.1) is 0 Å². The molecule has 0 radical (unpaired) electrons. The standard InChI is InChI=1S/C23H24FN3O4S/c1-3-27(4-2)32(29,30)21-7-5-6-18(14-21)23(28)26-16-17-8-13-22(25-15-17)31-20-11-9-19(24)10-12-20/h5-15H,3-4,16H2,1-2H3,(H,26,28). The second-order valence-electron chi connectivity index (χ2n) is 6.86. The van der Waals surface area contributed by atoms with E-state index >= 15 is 0 Å². The van der Waals surface area contributed by atoms with Crippen LogP contribution in [0.5, 0.6) is 11.6 Å². The highest BCUT2D eigenvalue weighted by atomic mass is 32.2. The first kappa shape index (κ1) is 23.4. The van der Waals surface area contributed by atoms with Gasteiger partial charge in [0.25, 0.3) is 5.91 Å². The number of aromatic nitrogens is 1. The summed E-state index contributed by atoms with van der Waals surface area (Å²) >= 11 is 0. The summed E-state index contributed by atoms with van der Waals surface area (Å²) in [5.41, 5.74) is 0.985. The average Bonchev–Trinajstić information content (AvgIpc) is 2.80. The van der Waals surface area contributed by atoms with Gasteiger partial charge >= 0.3 is 0 Å². The molecule has 0 aliphatic heterocycles. The zero-order valence-electron chi connectivity index (χ0n) is 17.8. The number of ether oxygens (including phenoxy) is 1. The van der Waals surface area contributed by atoms with E-state index in [0.29, 0.717) is 24.7 Å². The lowest BCUT2D eigenvalue weighted by molar-refractivity contribution is 0.0950. The SMILES string of the molecule is CCN(CC)S(=O)(=O)c1cccc(C(=O)NCc2ccc(Oc3ccc(F)cc3)nc2)c1. The quantitative estimate of drug-likeness (QED) is 0.525. The number of rotatable bonds is 9. The van der Waals surface area contributed by atoms with E-state index in [4.69, 9.17) is 4.74 Å². The van der Waals surface area contributed by atoms with E-state index in [1.165, 1.54) is 40.7 Å². The van der Waals surface area contributed by atoms with Gasteiger partial charge in [-0.1, -0.05) is 26.0 Å². The number of hydrogen-bond donors (Lipinski definition) is 1. The summed E-state index contributed by atoms with van der Waals surface area (Å²) < 4.78 is 45.2. The van der Waals surface area contributed by atoms with E-state index in [9.17, 15) is 17.6 Å². The highest BCUT2D eigenvalue weighted by Gasteiger charge is 2.22. The maximum Gasteiger partial charge on any atom is 0.251 e. The number of halogens is 1. The number of carbonyl (C=O) groups excluding carboxylic acids is 1. The summed E-state index contributed by atoms with van der Waals surface area (Å²) in [4.78, 5) is 16.8. The van der Waals surface area contributed by atoms with E-state index in [1.54, 1.807) is 44.3 Å². The highest BCUT2D eigenvalue weighted by molar-refractivity contribution is 7.89. The van der Waals surface area contributed by atoms with Crippen LogP contribution in [0.2, 0.25) is 0 Å². The molecule has 1 N–H and O–H groups in total. The van der Waals surface area contributed by atoms with Crippen molar-refractivity contribution in [1.82, 2.24) is 14.6 Å². The van der Waals surface area contributed by atoms with Gasteiger partial charge in [-0.2, -0.15) is 4.31 Å². The average molecular weight is 458 g/mol. The van der Waals surface area contributed by atoms with Gasteiger partial charge in [0, 0.05) is 37.5 Å². The molecule has 0 saturated heterocycles. The van der Waals surface area contributed by atoms with Crippen LogP contribution in [-0.4, -0.2) is 36.7 Å². The second-order valence-corrected chi connectivity index (χ2v) is 8.80. The third-order valence-corrected chi connectivity index (χ3v) is 6.77. The van der Waals surface area contributed by atoms with Gasteiger partial charge in [-0.05, 0) is 48.0 Å². The zero-order chi connectivity index (χ0) is 23.1. The van der Waals surface area contributed by atoms with E-state index in [0.717, 1.165) is 5.56 Å². The first-order chi connectivity index (χ1) is 15.3. The first-order valence-corrected chi connectivity index (χ1v) is 11.5. The predicted octanol–water partition coefficient (Wildman–Crippen LogP) is 3.97. The molecule has 168 valence electrons. The minimum Gasteiger partial charge on any atom is -0.439 e. The number of benzene rings is 2. The van der Waals surface area contributed by atoms with E-state index in [1.807, 2.05) is 0 Å². The van der Waals surface area contributed by atoms with Crippen LogP contribution in [0.25, 0.3) is 0 Å². The summed E-state index contributed by atoms with van der Waals surface area (Å²) in [6.07, 6.45) is 1.56. The number of nitrogens with zero attached hydrogens (tertiary/aromatic N) is 2. The number of hydrogen-bond acceptors (Lipinski definition) is 5. The minimum absolute atomic E-state index is 0.0813. The molecule has 1 heterocycles. The van der Waals surface area contributed by atoms with E-state index in [-0.39, 0.29) is 22.8 Å². The summed E-state index contributed by atoms with van der Waals surface area (Å²) in [7, 11) is -3.65. The van der Waals surface area contributed by atoms with Crippen LogP contribution in [0.1, 0.15) is 29.8 Å². The van der Waals surface area contributed by atoms with Crippen molar-refractivity contribution in [2.45, 2.75) is 25.3 Å². The van der Waals surface area contributed by atoms with Crippen LogP contribution in [0.15, 0.2) is 71.8 Å². The van der Waals surface area contributed by atoms with Crippen LogP contribution in [0, 0.1) is 5.82 Å². The predicted molar refractivity (Wildman–Crippen MR) is 118 cm³/mol. The minimum atomic E-state index is -3.65. The molecule has 0 unspecified atom stereocenters. The molecule has 2 aromatic carbocycles. The fourth-order valence-electron chi connectivity index (χ4n) is 2.99. The van der Waals surface area contributed by atoms with Crippen LogP contribution >= 0.6 is 0 Å². The number of carbonyl (C=O) groups is 1. The molecule has 3 rings (SSSR count). The molecule has 3 aromatic rings. The molecule has 0 aliphatic carbocycles. The fraction of sp³-hybridized carbons (Fsp3) is 0.217. The van der Waals surface area contributed by atoms with E-state index in [2.05, 4.69) is 10.3 Å².